The molecule has 0 bridgehead atoms. The Labute approximate surface area is 324 Å². The van der Waals surface area contributed by atoms with Crippen LogP contribution in [0.3, 0.4) is 0 Å². The standard InChI is InChI=1S/C21H15ClFN3O.C9H7NO.C7H4ClFO.C5H6N2/c22-17-12-14(23)7-9-15(17)20(26-18-5-1-2-10-24-18)16-8-6-13-4-3-11-25-19(13)21(16)27;11-8-5-1-3-7-4-2-6-10-9(7)8;8-7-3-6(9)2-1-5(7)4-10;6-5-3-1-2-4-7-5/h1-12,20,27H,(H,24,26);1-6,11H;1-4H;1-4H,(H2,6,7). The predicted molar refractivity (Wildman–Crippen MR) is 213 cm³/mol. The molecule has 5 N–H and O–H groups in total. The molecule has 0 aliphatic heterocycles. The average molecular weight is 778 g/mol. The second kappa shape index (κ2) is 19.4. The lowest BCUT2D eigenvalue weighted by Crippen LogP contribution is -2.14. The second-order valence-electron chi connectivity index (χ2n) is 11.4. The molecule has 1 atom stereocenters. The predicted octanol–water partition coefficient (Wildman–Crippen LogP) is 10.2. The van der Waals surface area contributed by atoms with E-state index in [2.05, 4.69) is 25.3 Å². The molecule has 0 saturated heterocycles. The maximum atomic E-state index is 13.6. The number of carbonyl (C=O) groups is 1. The van der Waals surface area contributed by atoms with Crippen LogP contribution in [0.4, 0.5) is 20.4 Å². The van der Waals surface area contributed by atoms with Crippen molar-refractivity contribution in [2.75, 3.05) is 11.1 Å². The van der Waals surface area contributed by atoms with E-state index in [1.54, 1.807) is 61.2 Å². The summed E-state index contributed by atoms with van der Waals surface area (Å²) in [6, 6.07) is 34.7. The first kappa shape index (κ1) is 39.5. The summed E-state index contributed by atoms with van der Waals surface area (Å²) >= 11 is 11.8. The Balaban J connectivity index is 0.000000168. The molecule has 0 aliphatic carbocycles. The highest BCUT2D eigenvalue weighted by molar-refractivity contribution is 6.33. The zero-order chi connectivity index (χ0) is 39.2. The van der Waals surface area contributed by atoms with Gasteiger partial charge in [0.2, 0.25) is 0 Å². The summed E-state index contributed by atoms with van der Waals surface area (Å²) in [5.41, 5.74) is 7.89. The number of halogens is 4. The van der Waals surface area contributed by atoms with Crippen LogP contribution in [0, 0.1) is 11.6 Å². The fourth-order valence-electron chi connectivity index (χ4n) is 5.09. The largest absolute Gasteiger partial charge is 0.506 e. The van der Waals surface area contributed by atoms with E-state index < -0.39 is 17.7 Å². The lowest BCUT2D eigenvalue weighted by Gasteiger charge is -2.23. The lowest BCUT2D eigenvalue weighted by molar-refractivity contribution is 0.112. The SMILES string of the molecule is Nc1ccccn1.O=Cc1ccc(F)cc1Cl.Oc1c(C(Nc2ccccn2)c2ccc(F)cc2Cl)ccc2cccnc12.Oc1cccc2cccnc12. The number of phenols is 2. The van der Waals surface area contributed by atoms with Crippen LogP contribution >= 0.6 is 23.2 Å². The van der Waals surface area contributed by atoms with Gasteiger partial charge in [-0.1, -0.05) is 77.8 Å². The van der Waals surface area contributed by atoms with E-state index in [4.69, 9.17) is 28.9 Å². The van der Waals surface area contributed by atoms with Gasteiger partial charge in [0, 0.05) is 51.7 Å². The Hall–Kier alpha value is -6.69. The number of aldehydes is 1. The molecule has 8 rings (SSSR count). The Morgan fingerprint density at radius 2 is 1.22 bits per heavy atom. The van der Waals surface area contributed by atoms with Crippen molar-refractivity contribution in [1.82, 2.24) is 19.9 Å². The fraction of sp³-hybridized carbons (Fsp3) is 0.0238. The molecule has 0 fully saturated rings. The Morgan fingerprint density at radius 3 is 1.80 bits per heavy atom. The quantitative estimate of drug-likeness (QED) is 0.125. The van der Waals surface area contributed by atoms with Crippen molar-refractivity contribution in [1.29, 1.82) is 0 Å². The molecule has 4 aromatic heterocycles. The summed E-state index contributed by atoms with van der Waals surface area (Å²) in [6.45, 7) is 0. The third-order valence-corrected chi connectivity index (χ3v) is 8.36. The molecule has 4 heterocycles. The molecule has 8 aromatic rings. The molecular weight excluding hydrogens is 745 g/mol. The third kappa shape index (κ3) is 10.9. The monoisotopic (exact) mass is 776 g/mol. The summed E-state index contributed by atoms with van der Waals surface area (Å²) in [5, 5.41) is 25.6. The van der Waals surface area contributed by atoms with E-state index in [-0.39, 0.29) is 21.5 Å². The molecule has 13 heteroatoms. The first-order valence-electron chi connectivity index (χ1n) is 16.4. The number of hydrogen-bond acceptors (Lipinski definition) is 9. The lowest BCUT2D eigenvalue weighted by atomic mass is 9.96. The van der Waals surface area contributed by atoms with Crippen LogP contribution in [-0.4, -0.2) is 36.4 Å². The minimum atomic E-state index is -0.542. The molecule has 0 spiro atoms. The van der Waals surface area contributed by atoms with Crippen LogP contribution in [0.15, 0.2) is 152 Å². The molecule has 1 unspecified atom stereocenters. The average Bonchev–Trinajstić information content (AvgIpc) is 3.19. The number of aromatic hydroxyl groups is 2. The van der Waals surface area contributed by atoms with Crippen LogP contribution in [0.1, 0.15) is 27.5 Å². The zero-order valence-electron chi connectivity index (χ0n) is 28.8. The number of rotatable bonds is 5. The number of nitrogen functional groups attached to an aromatic ring is 1. The number of benzene rings is 4. The van der Waals surface area contributed by atoms with E-state index in [1.165, 1.54) is 24.3 Å². The van der Waals surface area contributed by atoms with Crippen molar-refractivity contribution >= 4 is 62.9 Å². The van der Waals surface area contributed by atoms with Gasteiger partial charge in [0.05, 0.1) is 11.1 Å². The number of nitrogens with one attached hydrogen (secondary N) is 1. The molecule has 0 radical (unpaired) electrons. The van der Waals surface area contributed by atoms with Crippen LogP contribution in [0.25, 0.3) is 21.8 Å². The number of hydrogen-bond donors (Lipinski definition) is 4. The summed E-state index contributed by atoms with van der Waals surface area (Å²) in [5.74, 6) is 0.594. The van der Waals surface area contributed by atoms with Crippen LogP contribution < -0.4 is 11.1 Å². The van der Waals surface area contributed by atoms with Gasteiger partial charge >= 0.3 is 0 Å². The van der Waals surface area contributed by atoms with E-state index >= 15 is 0 Å². The topological polar surface area (TPSA) is 147 Å². The molecule has 9 nitrogen and oxygen atoms in total. The number of para-hydroxylation sites is 1. The number of nitrogens with two attached hydrogens (primary N) is 1. The number of nitrogens with zero attached hydrogens (tertiary/aromatic N) is 4. The van der Waals surface area contributed by atoms with Gasteiger partial charge in [-0.15, -0.1) is 0 Å². The maximum Gasteiger partial charge on any atom is 0.151 e. The smallest absolute Gasteiger partial charge is 0.151 e. The molecular formula is C42H32Cl2F2N6O3. The van der Waals surface area contributed by atoms with Crippen LogP contribution in [0.5, 0.6) is 11.5 Å². The highest BCUT2D eigenvalue weighted by Crippen LogP contribution is 2.38. The minimum Gasteiger partial charge on any atom is -0.506 e. The van der Waals surface area contributed by atoms with Gasteiger partial charge in [-0.2, -0.15) is 0 Å². The van der Waals surface area contributed by atoms with Crippen molar-refractivity contribution in [3.05, 3.63) is 191 Å². The minimum absolute atomic E-state index is 0.0434. The Morgan fingerprint density at radius 1 is 0.618 bits per heavy atom. The van der Waals surface area contributed by atoms with Crippen LogP contribution in [0.2, 0.25) is 10.0 Å². The fourth-order valence-corrected chi connectivity index (χ4v) is 5.58. The molecule has 0 aliphatic rings. The first-order chi connectivity index (χ1) is 26.6. The number of anilines is 2. The van der Waals surface area contributed by atoms with Crippen molar-refractivity contribution < 1.29 is 23.8 Å². The van der Waals surface area contributed by atoms with Gasteiger partial charge in [-0.3, -0.25) is 14.8 Å². The Kier molecular flexibility index (Phi) is 13.9. The molecule has 55 heavy (non-hydrogen) atoms. The zero-order valence-corrected chi connectivity index (χ0v) is 30.3. The summed E-state index contributed by atoms with van der Waals surface area (Å²) < 4.78 is 25.8. The number of aromatic nitrogens is 4. The molecule has 4 aromatic carbocycles. The number of phenolic OH excluding ortho intramolecular Hbond substituents is 2. The van der Waals surface area contributed by atoms with E-state index in [0.717, 1.165) is 16.8 Å². The summed E-state index contributed by atoms with van der Waals surface area (Å²) in [4.78, 5) is 26.5. The maximum absolute atomic E-state index is 13.6. The van der Waals surface area contributed by atoms with E-state index in [9.17, 15) is 23.8 Å². The summed E-state index contributed by atoms with van der Waals surface area (Å²) in [7, 11) is 0. The van der Waals surface area contributed by atoms with Gasteiger partial charge in [0.25, 0.3) is 0 Å². The van der Waals surface area contributed by atoms with Crippen molar-refractivity contribution in [3.8, 4) is 11.5 Å². The van der Waals surface area contributed by atoms with Gasteiger partial charge in [0.1, 0.15) is 45.8 Å². The van der Waals surface area contributed by atoms with Crippen molar-refractivity contribution in [3.63, 3.8) is 0 Å². The van der Waals surface area contributed by atoms with Crippen molar-refractivity contribution in [2.45, 2.75) is 6.04 Å². The Bertz CT molecular complexity index is 2490. The van der Waals surface area contributed by atoms with Crippen LogP contribution in [-0.2, 0) is 0 Å². The van der Waals surface area contributed by atoms with Gasteiger partial charge < -0.3 is 21.3 Å². The molecule has 0 saturated carbocycles. The van der Waals surface area contributed by atoms with E-state index in [0.29, 0.717) is 45.6 Å². The summed E-state index contributed by atoms with van der Waals surface area (Å²) in [6.07, 6.45) is 7.20. The highest BCUT2D eigenvalue weighted by atomic mass is 35.5. The van der Waals surface area contributed by atoms with Gasteiger partial charge in [-0.05, 0) is 78.4 Å². The highest BCUT2D eigenvalue weighted by Gasteiger charge is 2.22. The molecule has 0 amide bonds. The molecule has 276 valence electrons. The van der Waals surface area contributed by atoms with Crippen molar-refractivity contribution in [2.24, 2.45) is 0 Å². The number of pyridine rings is 4. The number of carbonyl (C=O) groups excluding carboxylic acids is 1. The third-order valence-electron chi connectivity index (χ3n) is 7.71. The normalized spacial score (nSPS) is 10.8. The first-order valence-corrected chi connectivity index (χ1v) is 17.2. The van der Waals surface area contributed by atoms with Gasteiger partial charge in [0.15, 0.2) is 6.29 Å². The van der Waals surface area contributed by atoms with Gasteiger partial charge in [-0.25, -0.2) is 18.7 Å². The number of fused-ring (bicyclic) bond motifs is 2. The second-order valence-corrected chi connectivity index (χ2v) is 12.2. The van der Waals surface area contributed by atoms with E-state index in [1.807, 2.05) is 60.7 Å².